The smallest absolute Gasteiger partial charge is 0.190 e. The maximum atomic E-state index is 10.2. The zero-order valence-corrected chi connectivity index (χ0v) is 11.4. The molecule has 0 aromatic carbocycles. The van der Waals surface area contributed by atoms with Gasteiger partial charge in [0.15, 0.2) is 12.1 Å². The van der Waals surface area contributed by atoms with E-state index in [1.54, 1.807) is 7.11 Å². The second-order valence-corrected chi connectivity index (χ2v) is 5.23. The van der Waals surface area contributed by atoms with Gasteiger partial charge in [-0.1, -0.05) is 13.0 Å². The van der Waals surface area contributed by atoms with Crippen molar-refractivity contribution in [2.75, 3.05) is 7.11 Å². The van der Waals surface area contributed by atoms with Gasteiger partial charge in [0.25, 0.3) is 0 Å². The van der Waals surface area contributed by atoms with E-state index in [1.807, 2.05) is 20.8 Å². The summed E-state index contributed by atoms with van der Waals surface area (Å²) in [7, 11) is 1.59. The van der Waals surface area contributed by atoms with E-state index in [0.717, 1.165) is 0 Å². The fourth-order valence-corrected chi connectivity index (χ4v) is 2.88. The molecule has 2 saturated heterocycles. The lowest BCUT2D eigenvalue weighted by Crippen LogP contribution is -2.53. The summed E-state index contributed by atoms with van der Waals surface area (Å²) in [6, 6.07) is 0. The molecule has 104 valence electrons. The Morgan fingerprint density at radius 2 is 2.06 bits per heavy atom. The van der Waals surface area contributed by atoms with Crippen LogP contribution in [0.3, 0.4) is 0 Å². The molecule has 18 heavy (non-hydrogen) atoms. The van der Waals surface area contributed by atoms with E-state index < -0.39 is 23.8 Å². The molecule has 0 aromatic heterocycles. The van der Waals surface area contributed by atoms with Crippen LogP contribution < -0.4 is 0 Å². The van der Waals surface area contributed by atoms with Gasteiger partial charge in [-0.3, -0.25) is 0 Å². The third-order valence-corrected chi connectivity index (χ3v) is 3.73. The average molecular weight is 258 g/mol. The third kappa shape index (κ3) is 1.90. The van der Waals surface area contributed by atoms with Crippen LogP contribution in [-0.2, 0) is 18.9 Å². The molecular formula is C13H22O5. The topological polar surface area (TPSA) is 57.2 Å². The number of fused-ring (bicyclic) bond motifs is 1. The van der Waals surface area contributed by atoms with Gasteiger partial charge in [0.05, 0.1) is 0 Å². The summed E-state index contributed by atoms with van der Waals surface area (Å²) in [6.07, 6.45) is -0.0183. The molecular weight excluding hydrogens is 236 g/mol. The van der Waals surface area contributed by atoms with Crippen molar-refractivity contribution < 1.29 is 24.1 Å². The van der Waals surface area contributed by atoms with E-state index in [0.29, 0.717) is 6.42 Å². The van der Waals surface area contributed by atoms with Crippen molar-refractivity contribution in [3.05, 3.63) is 12.7 Å². The largest absolute Gasteiger partial charge is 0.386 e. The Hall–Kier alpha value is -0.460. The Bertz CT molecular complexity index is 329. The van der Waals surface area contributed by atoms with Gasteiger partial charge in [-0.25, -0.2) is 0 Å². The van der Waals surface area contributed by atoms with Gasteiger partial charge in [0.1, 0.15) is 23.9 Å². The van der Waals surface area contributed by atoms with Gasteiger partial charge in [-0.2, -0.15) is 0 Å². The number of hydrogen-bond acceptors (Lipinski definition) is 5. The minimum Gasteiger partial charge on any atom is -0.386 e. The second kappa shape index (κ2) is 4.58. The van der Waals surface area contributed by atoms with Crippen LogP contribution in [0.4, 0.5) is 0 Å². The first kappa shape index (κ1) is 14.0. The molecule has 0 saturated carbocycles. The fraction of sp³-hybridized carbons (Fsp3) is 0.846. The van der Waals surface area contributed by atoms with Crippen LogP contribution in [0.5, 0.6) is 0 Å². The molecule has 0 bridgehead atoms. The lowest BCUT2D eigenvalue weighted by atomic mass is 9.86. The monoisotopic (exact) mass is 258 g/mol. The van der Waals surface area contributed by atoms with Gasteiger partial charge in [-0.15, -0.1) is 6.58 Å². The number of methoxy groups -OCH3 is 1. The molecule has 0 amide bonds. The highest BCUT2D eigenvalue weighted by molar-refractivity contribution is 5.11. The zero-order chi connectivity index (χ0) is 13.6. The van der Waals surface area contributed by atoms with E-state index in [1.165, 1.54) is 6.08 Å². The van der Waals surface area contributed by atoms with Gasteiger partial charge < -0.3 is 24.1 Å². The number of hydrogen-bond donors (Lipinski definition) is 1. The molecule has 0 aliphatic carbocycles. The third-order valence-electron chi connectivity index (χ3n) is 3.73. The Labute approximate surface area is 108 Å². The summed E-state index contributed by atoms with van der Waals surface area (Å²) in [5, 5.41) is 10.2. The number of ether oxygens (including phenoxy) is 4. The average Bonchev–Trinajstić information content (AvgIpc) is 2.76. The van der Waals surface area contributed by atoms with Crippen molar-refractivity contribution >= 4 is 0 Å². The summed E-state index contributed by atoms with van der Waals surface area (Å²) in [5.74, 6) is -0.689. The summed E-state index contributed by atoms with van der Waals surface area (Å²) in [5.41, 5.74) is -0.859. The molecule has 0 spiro atoms. The molecule has 0 aromatic rings. The number of aliphatic hydroxyl groups is 1. The van der Waals surface area contributed by atoms with Crippen molar-refractivity contribution in [1.82, 2.24) is 0 Å². The van der Waals surface area contributed by atoms with Crippen LogP contribution in [0.2, 0.25) is 0 Å². The fourth-order valence-electron chi connectivity index (χ4n) is 2.88. The maximum absolute atomic E-state index is 10.2. The Kier molecular flexibility index (Phi) is 3.55. The lowest BCUT2D eigenvalue weighted by molar-refractivity contribution is -0.256. The van der Waals surface area contributed by atoms with E-state index in [4.69, 9.17) is 18.9 Å². The summed E-state index contributed by atoms with van der Waals surface area (Å²) < 4.78 is 22.9. The molecule has 5 nitrogen and oxygen atoms in total. The predicted octanol–water partition coefficient (Wildman–Crippen LogP) is 1.20. The summed E-state index contributed by atoms with van der Waals surface area (Å²) in [4.78, 5) is 0. The van der Waals surface area contributed by atoms with E-state index in [-0.39, 0.29) is 12.2 Å². The first-order valence-corrected chi connectivity index (χ1v) is 6.27. The molecule has 1 N–H and O–H groups in total. The summed E-state index contributed by atoms with van der Waals surface area (Å²) in [6.45, 7) is 9.22. The Morgan fingerprint density at radius 1 is 1.39 bits per heavy atom. The quantitative estimate of drug-likeness (QED) is 0.768. The number of aliphatic hydroxyl groups excluding tert-OH is 1. The van der Waals surface area contributed by atoms with Crippen LogP contribution in [0.15, 0.2) is 12.7 Å². The van der Waals surface area contributed by atoms with Crippen molar-refractivity contribution in [2.45, 2.75) is 63.2 Å². The van der Waals surface area contributed by atoms with Crippen molar-refractivity contribution in [2.24, 2.45) is 0 Å². The second-order valence-electron chi connectivity index (χ2n) is 5.23. The SMILES string of the molecule is C=C[C@@H](O)[C@@]1(CC)O[C@@H]2OC(C)(C)O[C@@H]2[C@@H]1OC. The Morgan fingerprint density at radius 3 is 2.56 bits per heavy atom. The molecule has 5 atom stereocenters. The molecule has 5 heteroatoms. The van der Waals surface area contributed by atoms with Gasteiger partial charge in [0.2, 0.25) is 0 Å². The molecule has 0 radical (unpaired) electrons. The molecule has 2 heterocycles. The van der Waals surface area contributed by atoms with Crippen molar-refractivity contribution in [3.8, 4) is 0 Å². The highest BCUT2D eigenvalue weighted by Gasteiger charge is 2.63. The first-order chi connectivity index (χ1) is 8.40. The highest BCUT2D eigenvalue weighted by atomic mass is 16.8. The van der Waals surface area contributed by atoms with Crippen LogP contribution in [-0.4, -0.2) is 48.2 Å². The van der Waals surface area contributed by atoms with Crippen LogP contribution in [0, 0.1) is 0 Å². The first-order valence-electron chi connectivity index (χ1n) is 6.27. The van der Waals surface area contributed by atoms with Crippen molar-refractivity contribution in [1.29, 1.82) is 0 Å². The Balaban J connectivity index is 2.29. The molecule has 2 fully saturated rings. The zero-order valence-electron chi connectivity index (χ0n) is 11.4. The molecule has 0 unspecified atom stereocenters. The summed E-state index contributed by atoms with van der Waals surface area (Å²) >= 11 is 0. The van der Waals surface area contributed by atoms with Crippen LogP contribution >= 0.6 is 0 Å². The van der Waals surface area contributed by atoms with E-state index in [2.05, 4.69) is 6.58 Å². The number of rotatable bonds is 4. The predicted molar refractivity (Wildman–Crippen MR) is 64.9 cm³/mol. The minimum atomic E-state index is -0.859. The molecule has 2 aliphatic heterocycles. The standard InChI is InChI=1S/C13H22O5/c1-6-8(14)13(7-2)10(15-5)9-11(18-13)17-12(3,4)16-9/h6,8-11,14H,1,7H2,2-5H3/t8-,9-,10+,11+,13-/m1/s1. The lowest BCUT2D eigenvalue weighted by Gasteiger charge is -2.37. The van der Waals surface area contributed by atoms with Crippen LogP contribution in [0.25, 0.3) is 0 Å². The van der Waals surface area contributed by atoms with Crippen molar-refractivity contribution in [3.63, 3.8) is 0 Å². The van der Waals surface area contributed by atoms with E-state index in [9.17, 15) is 5.11 Å². The molecule has 2 aliphatic rings. The highest BCUT2D eigenvalue weighted by Crippen LogP contribution is 2.46. The normalized spacial score (nSPS) is 43.7. The minimum absolute atomic E-state index is 0.334. The molecule has 2 rings (SSSR count). The maximum Gasteiger partial charge on any atom is 0.190 e. The van der Waals surface area contributed by atoms with E-state index >= 15 is 0 Å². The van der Waals surface area contributed by atoms with Crippen LogP contribution in [0.1, 0.15) is 27.2 Å². The van der Waals surface area contributed by atoms with Gasteiger partial charge >= 0.3 is 0 Å². The van der Waals surface area contributed by atoms with Gasteiger partial charge in [-0.05, 0) is 20.3 Å². The van der Waals surface area contributed by atoms with Gasteiger partial charge in [0, 0.05) is 7.11 Å².